The number of ether oxygens (including phenoxy) is 2. The number of benzene rings is 1. The Morgan fingerprint density at radius 1 is 1.24 bits per heavy atom. The lowest BCUT2D eigenvalue weighted by molar-refractivity contribution is -0.134. The van der Waals surface area contributed by atoms with Crippen molar-refractivity contribution in [2.45, 2.75) is 31.8 Å². The summed E-state index contributed by atoms with van der Waals surface area (Å²) in [4.78, 5) is 14.5. The Labute approximate surface area is 125 Å². The number of methoxy groups -OCH3 is 2. The minimum atomic E-state index is 0.00620. The molecule has 1 N–H and O–H groups in total. The van der Waals surface area contributed by atoms with Crippen LogP contribution < -0.4 is 14.8 Å². The van der Waals surface area contributed by atoms with Gasteiger partial charge in [-0.15, -0.1) is 0 Å². The standard InChI is InChI=1S/C16H22N2O3/c1-20-14-8-11-5-7-18(10-12(11)9-15(14)21-2)16(19)13-4-3-6-17-13/h8-9,13,17H,3-7,10H2,1-2H3/t13-/m0/s1. The fourth-order valence-corrected chi connectivity index (χ4v) is 3.19. The van der Waals surface area contributed by atoms with Crippen molar-refractivity contribution in [3.8, 4) is 11.5 Å². The van der Waals surface area contributed by atoms with E-state index in [9.17, 15) is 4.79 Å². The molecule has 0 saturated carbocycles. The lowest BCUT2D eigenvalue weighted by atomic mass is 9.98. The molecule has 21 heavy (non-hydrogen) atoms. The SMILES string of the molecule is COc1cc2c(cc1OC)CN(C(=O)[C@@H]1CCCN1)CC2. The number of hydrogen-bond donors (Lipinski definition) is 1. The van der Waals surface area contributed by atoms with Crippen LogP contribution in [-0.2, 0) is 17.8 Å². The molecule has 0 aliphatic carbocycles. The molecule has 1 aromatic rings. The monoisotopic (exact) mass is 290 g/mol. The quantitative estimate of drug-likeness (QED) is 0.913. The molecule has 3 rings (SSSR count). The molecule has 1 atom stereocenters. The van der Waals surface area contributed by atoms with Crippen molar-refractivity contribution in [1.29, 1.82) is 0 Å². The summed E-state index contributed by atoms with van der Waals surface area (Å²) in [5.74, 6) is 1.71. The highest BCUT2D eigenvalue weighted by Crippen LogP contribution is 2.33. The highest BCUT2D eigenvalue weighted by Gasteiger charge is 2.29. The van der Waals surface area contributed by atoms with Gasteiger partial charge in [-0.1, -0.05) is 0 Å². The molecule has 2 aliphatic heterocycles. The van der Waals surface area contributed by atoms with Crippen molar-refractivity contribution in [2.75, 3.05) is 27.3 Å². The van der Waals surface area contributed by atoms with E-state index in [4.69, 9.17) is 9.47 Å². The Hall–Kier alpha value is -1.75. The number of carbonyl (C=O) groups is 1. The molecule has 114 valence electrons. The molecular formula is C16H22N2O3. The Morgan fingerprint density at radius 2 is 1.95 bits per heavy atom. The average Bonchev–Trinajstić information content (AvgIpc) is 3.06. The van der Waals surface area contributed by atoms with Crippen molar-refractivity contribution < 1.29 is 14.3 Å². The Bertz CT molecular complexity index is 539. The van der Waals surface area contributed by atoms with Gasteiger partial charge in [-0.3, -0.25) is 4.79 Å². The van der Waals surface area contributed by atoms with Crippen molar-refractivity contribution in [2.24, 2.45) is 0 Å². The van der Waals surface area contributed by atoms with Crippen molar-refractivity contribution >= 4 is 5.91 Å². The van der Waals surface area contributed by atoms with E-state index in [1.165, 1.54) is 5.56 Å². The highest BCUT2D eigenvalue weighted by atomic mass is 16.5. The second-order valence-electron chi connectivity index (χ2n) is 5.63. The van der Waals surface area contributed by atoms with Crippen molar-refractivity contribution in [3.63, 3.8) is 0 Å². The first-order valence-electron chi connectivity index (χ1n) is 7.49. The van der Waals surface area contributed by atoms with E-state index < -0.39 is 0 Å². The first kappa shape index (κ1) is 14.2. The maximum absolute atomic E-state index is 12.5. The predicted octanol–water partition coefficient (Wildman–Crippen LogP) is 1.34. The minimum absolute atomic E-state index is 0.00620. The third-order valence-electron chi connectivity index (χ3n) is 4.39. The molecule has 5 nitrogen and oxygen atoms in total. The van der Waals surface area contributed by atoms with Gasteiger partial charge in [-0.25, -0.2) is 0 Å². The number of rotatable bonds is 3. The van der Waals surface area contributed by atoms with E-state index >= 15 is 0 Å². The predicted molar refractivity (Wildman–Crippen MR) is 79.7 cm³/mol. The Balaban J connectivity index is 1.79. The Kier molecular flexibility index (Phi) is 4.01. The van der Waals surface area contributed by atoms with Gasteiger partial charge in [0.25, 0.3) is 0 Å². The summed E-state index contributed by atoms with van der Waals surface area (Å²) < 4.78 is 10.7. The van der Waals surface area contributed by atoms with E-state index in [2.05, 4.69) is 5.32 Å². The summed E-state index contributed by atoms with van der Waals surface area (Å²) in [6.45, 7) is 2.39. The molecule has 5 heteroatoms. The van der Waals surface area contributed by atoms with Crippen LogP contribution in [0.2, 0.25) is 0 Å². The first-order chi connectivity index (χ1) is 10.2. The van der Waals surface area contributed by atoms with Crippen LogP contribution in [0.3, 0.4) is 0 Å². The smallest absolute Gasteiger partial charge is 0.240 e. The van der Waals surface area contributed by atoms with Crippen LogP contribution in [0.4, 0.5) is 0 Å². The summed E-state index contributed by atoms with van der Waals surface area (Å²) in [6.07, 6.45) is 2.91. The third-order valence-corrected chi connectivity index (χ3v) is 4.39. The maximum atomic E-state index is 12.5. The molecule has 0 bridgehead atoms. The van der Waals surface area contributed by atoms with Crippen LogP contribution in [0.25, 0.3) is 0 Å². The van der Waals surface area contributed by atoms with Crippen LogP contribution in [0, 0.1) is 0 Å². The summed E-state index contributed by atoms with van der Waals surface area (Å²) >= 11 is 0. The molecule has 1 amide bonds. The van der Waals surface area contributed by atoms with Gasteiger partial charge in [-0.2, -0.15) is 0 Å². The zero-order valence-corrected chi connectivity index (χ0v) is 12.6. The molecule has 0 spiro atoms. The third kappa shape index (κ3) is 2.70. The molecule has 0 aromatic heterocycles. The van der Waals surface area contributed by atoms with Crippen LogP contribution in [-0.4, -0.2) is 44.2 Å². The summed E-state index contributed by atoms with van der Waals surface area (Å²) in [5.41, 5.74) is 2.40. The van der Waals surface area contributed by atoms with Crippen LogP contribution in [0.1, 0.15) is 24.0 Å². The molecule has 1 saturated heterocycles. The molecular weight excluding hydrogens is 268 g/mol. The molecule has 0 radical (unpaired) electrons. The second-order valence-corrected chi connectivity index (χ2v) is 5.63. The minimum Gasteiger partial charge on any atom is -0.493 e. The van der Waals surface area contributed by atoms with Gasteiger partial charge in [0.2, 0.25) is 5.91 Å². The van der Waals surface area contributed by atoms with Gasteiger partial charge in [0.15, 0.2) is 11.5 Å². The zero-order chi connectivity index (χ0) is 14.8. The topological polar surface area (TPSA) is 50.8 Å². The van der Waals surface area contributed by atoms with E-state index in [-0.39, 0.29) is 11.9 Å². The molecule has 2 heterocycles. The zero-order valence-electron chi connectivity index (χ0n) is 12.6. The summed E-state index contributed by atoms with van der Waals surface area (Å²) in [7, 11) is 3.28. The van der Waals surface area contributed by atoms with Crippen LogP contribution in [0.5, 0.6) is 11.5 Å². The van der Waals surface area contributed by atoms with Crippen LogP contribution >= 0.6 is 0 Å². The van der Waals surface area contributed by atoms with E-state index in [1.54, 1.807) is 14.2 Å². The average molecular weight is 290 g/mol. The normalized spacial score (nSPS) is 21.0. The highest BCUT2D eigenvalue weighted by molar-refractivity contribution is 5.82. The van der Waals surface area contributed by atoms with E-state index in [0.29, 0.717) is 6.54 Å². The molecule has 1 fully saturated rings. The van der Waals surface area contributed by atoms with E-state index in [1.807, 2.05) is 17.0 Å². The first-order valence-corrected chi connectivity index (χ1v) is 7.49. The molecule has 0 unspecified atom stereocenters. The van der Waals surface area contributed by atoms with Crippen molar-refractivity contribution in [1.82, 2.24) is 10.2 Å². The van der Waals surface area contributed by atoms with Gasteiger partial charge < -0.3 is 19.7 Å². The van der Waals surface area contributed by atoms with Gasteiger partial charge in [0.05, 0.1) is 20.3 Å². The number of carbonyl (C=O) groups excluding carboxylic acids is 1. The lowest BCUT2D eigenvalue weighted by Gasteiger charge is -2.31. The van der Waals surface area contributed by atoms with Gasteiger partial charge >= 0.3 is 0 Å². The fourth-order valence-electron chi connectivity index (χ4n) is 3.19. The second kappa shape index (κ2) is 5.93. The number of nitrogens with zero attached hydrogens (tertiary/aromatic N) is 1. The number of nitrogens with one attached hydrogen (secondary N) is 1. The van der Waals surface area contributed by atoms with Crippen LogP contribution in [0.15, 0.2) is 12.1 Å². The van der Waals surface area contributed by atoms with E-state index in [0.717, 1.165) is 49.4 Å². The summed E-state index contributed by atoms with van der Waals surface area (Å²) in [6, 6.07) is 4.03. The Morgan fingerprint density at radius 3 is 2.57 bits per heavy atom. The molecule has 1 aromatic carbocycles. The largest absolute Gasteiger partial charge is 0.493 e. The fraction of sp³-hybridized carbons (Fsp3) is 0.562. The number of amides is 1. The lowest BCUT2D eigenvalue weighted by Crippen LogP contribution is -2.45. The molecule has 2 aliphatic rings. The van der Waals surface area contributed by atoms with Crippen molar-refractivity contribution in [3.05, 3.63) is 23.3 Å². The maximum Gasteiger partial charge on any atom is 0.240 e. The van der Waals surface area contributed by atoms with Gasteiger partial charge in [0.1, 0.15) is 0 Å². The number of fused-ring (bicyclic) bond motifs is 1. The summed E-state index contributed by atoms with van der Waals surface area (Å²) in [5, 5.41) is 3.28. The van der Waals surface area contributed by atoms with Gasteiger partial charge in [-0.05, 0) is 49.1 Å². The van der Waals surface area contributed by atoms with Gasteiger partial charge in [0, 0.05) is 13.1 Å². The number of hydrogen-bond acceptors (Lipinski definition) is 4.